The van der Waals surface area contributed by atoms with Gasteiger partial charge in [0.15, 0.2) is 0 Å². The van der Waals surface area contributed by atoms with E-state index in [1.165, 1.54) is 96.3 Å². The van der Waals surface area contributed by atoms with Crippen molar-refractivity contribution in [2.75, 3.05) is 20.0 Å². The maximum Gasteiger partial charge on any atom is 0.0539 e. The van der Waals surface area contributed by atoms with Crippen LogP contribution in [0.5, 0.6) is 0 Å². The highest BCUT2D eigenvalue weighted by Gasteiger charge is 2.10. The highest BCUT2D eigenvalue weighted by molar-refractivity contribution is 7.76. The average molecular weight is 363 g/mol. The van der Waals surface area contributed by atoms with Crippen molar-refractivity contribution in [2.24, 2.45) is 0 Å². The van der Waals surface area contributed by atoms with Gasteiger partial charge >= 0.3 is 0 Å². The van der Waals surface area contributed by atoms with Crippen LogP contribution in [0.1, 0.15) is 103 Å². The SMILES string of the molecule is CCCCCCCCCCCCCCCCC=C[P+](C)(C)C.[Cl-]. The van der Waals surface area contributed by atoms with Crippen LogP contribution in [0.4, 0.5) is 0 Å². The summed E-state index contributed by atoms with van der Waals surface area (Å²) in [5.74, 6) is 2.47. The minimum atomic E-state index is -0.684. The molecule has 0 aromatic carbocycles. The Morgan fingerprint density at radius 2 is 0.913 bits per heavy atom. The van der Waals surface area contributed by atoms with Gasteiger partial charge in [0, 0.05) is 7.26 Å². The van der Waals surface area contributed by atoms with Crippen molar-refractivity contribution in [1.82, 2.24) is 0 Å². The van der Waals surface area contributed by atoms with Gasteiger partial charge in [0.25, 0.3) is 0 Å². The van der Waals surface area contributed by atoms with Gasteiger partial charge in [0.2, 0.25) is 0 Å². The van der Waals surface area contributed by atoms with Crippen LogP contribution in [0, 0.1) is 0 Å². The predicted octanol–water partition coefficient (Wildman–Crippen LogP) is 5.28. The fourth-order valence-electron chi connectivity index (χ4n) is 2.85. The molecule has 0 saturated heterocycles. The number of hydrogen-bond acceptors (Lipinski definition) is 0. The van der Waals surface area contributed by atoms with Crippen molar-refractivity contribution in [3.63, 3.8) is 0 Å². The van der Waals surface area contributed by atoms with E-state index >= 15 is 0 Å². The van der Waals surface area contributed by atoms with Crippen LogP contribution in [-0.2, 0) is 0 Å². The molecule has 23 heavy (non-hydrogen) atoms. The Kier molecular flexibility index (Phi) is 21.0. The average Bonchev–Trinajstić information content (AvgIpc) is 2.45. The van der Waals surface area contributed by atoms with Gasteiger partial charge in [-0.05, 0) is 18.9 Å². The molecule has 0 aromatic rings. The zero-order valence-corrected chi connectivity index (χ0v) is 18.2. The molecular weight excluding hydrogens is 319 g/mol. The van der Waals surface area contributed by atoms with E-state index in [4.69, 9.17) is 0 Å². The molecule has 0 atom stereocenters. The van der Waals surface area contributed by atoms with Crippen LogP contribution >= 0.6 is 7.26 Å². The Bertz CT molecular complexity index is 243. The molecule has 0 fully saturated rings. The first kappa shape index (κ1) is 25.7. The smallest absolute Gasteiger partial charge is 0.0539 e. The quantitative estimate of drug-likeness (QED) is 0.259. The van der Waals surface area contributed by atoms with E-state index in [-0.39, 0.29) is 12.4 Å². The van der Waals surface area contributed by atoms with Crippen LogP contribution in [-0.4, -0.2) is 20.0 Å². The first-order chi connectivity index (χ1) is 10.6. The molecule has 0 rings (SSSR count). The van der Waals surface area contributed by atoms with Gasteiger partial charge in [-0.2, -0.15) is 0 Å². The van der Waals surface area contributed by atoms with Crippen molar-refractivity contribution in [3.05, 3.63) is 11.9 Å². The zero-order valence-electron chi connectivity index (χ0n) is 16.6. The second-order valence-electron chi connectivity index (χ2n) is 7.89. The molecule has 0 aliphatic rings. The third-order valence-electron chi connectivity index (χ3n) is 4.28. The molecule has 0 aromatic heterocycles. The fourth-order valence-corrected chi connectivity index (χ4v) is 3.63. The summed E-state index contributed by atoms with van der Waals surface area (Å²) >= 11 is 0. The topological polar surface area (TPSA) is 0 Å². The van der Waals surface area contributed by atoms with E-state index in [9.17, 15) is 0 Å². The van der Waals surface area contributed by atoms with E-state index in [2.05, 4.69) is 38.8 Å². The molecule has 0 saturated carbocycles. The van der Waals surface area contributed by atoms with Gasteiger partial charge in [-0.15, -0.1) is 0 Å². The molecule has 0 bridgehead atoms. The Morgan fingerprint density at radius 1 is 0.565 bits per heavy atom. The maximum atomic E-state index is 2.47. The zero-order chi connectivity index (χ0) is 16.5. The van der Waals surface area contributed by atoms with E-state index in [0.29, 0.717) is 0 Å². The van der Waals surface area contributed by atoms with Crippen LogP contribution in [0.2, 0.25) is 0 Å². The fraction of sp³-hybridized carbons (Fsp3) is 0.905. The lowest BCUT2D eigenvalue weighted by molar-refractivity contribution is -0.00000515. The number of hydrogen-bond donors (Lipinski definition) is 0. The second kappa shape index (κ2) is 18.8. The second-order valence-corrected chi connectivity index (χ2v) is 12.4. The van der Waals surface area contributed by atoms with E-state index in [1.807, 2.05) is 0 Å². The number of unbranched alkanes of at least 4 members (excludes halogenated alkanes) is 14. The number of halogens is 1. The maximum absolute atomic E-state index is 2.47. The molecule has 0 amide bonds. The van der Waals surface area contributed by atoms with Gasteiger partial charge in [-0.25, -0.2) is 0 Å². The molecule has 0 radical (unpaired) electrons. The van der Waals surface area contributed by atoms with E-state index in [1.54, 1.807) is 0 Å². The summed E-state index contributed by atoms with van der Waals surface area (Å²) in [4.78, 5) is 0. The molecule has 140 valence electrons. The van der Waals surface area contributed by atoms with Crippen LogP contribution in [0.3, 0.4) is 0 Å². The van der Waals surface area contributed by atoms with Gasteiger partial charge in [0.05, 0.1) is 25.8 Å². The molecule has 0 aliphatic heterocycles. The lowest BCUT2D eigenvalue weighted by Crippen LogP contribution is -3.00. The Balaban J connectivity index is 0. The third kappa shape index (κ3) is 24.8. The highest BCUT2D eigenvalue weighted by Crippen LogP contribution is 2.48. The lowest BCUT2D eigenvalue weighted by Gasteiger charge is -2.04. The standard InChI is InChI=1S/C21H44P.ClH/c1-5-6-7-8-9-10-11-12-13-14-15-16-17-18-19-20-21-22(2,3)4;/h20-21H,5-19H2,1-4H3;1H/q+1;/p-1. The lowest BCUT2D eigenvalue weighted by atomic mass is 10.0. The summed E-state index contributed by atoms with van der Waals surface area (Å²) in [6.45, 7) is 9.45. The van der Waals surface area contributed by atoms with Crippen LogP contribution in [0.15, 0.2) is 11.9 Å². The van der Waals surface area contributed by atoms with Crippen LogP contribution in [0.25, 0.3) is 0 Å². The van der Waals surface area contributed by atoms with E-state index < -0.39 is 7.26 Å². The predicted molar refractivity (Wildman–Crippen MR) is 109 cm³/mol. The molecule has 0 spiro atoms. The van der Waals surface area contributed by atoms with Crippen LogP contribution < -0.4 is 12.4 Å². The van der Waals surface area contributed by atoms with Crippen molar-refractivity contribution in [3.8, 4) is 0 Å². The van der Waals surface area contributed by atoms with Crippen molar-refractivity contribution in [2.45, 2.75) is 103 Å². The van der Waals surface area contributed by atoms with Crippen molar-refractivity contribution < 1.29 is 12.4 Å². The summed E-state index contributed by atoms with van der Waals surface area (Å²) in [5, 5.41) is 0. The molecule has 0 nitrogen and oxygen atoms in total. The summed E-state index contributed by atoms with van der Waals surface area (Å²) in [5.41, 5.74) is 0. The van der Waals surface area contributed by atoms with Gasteiger partial charge in [-0.1, -0.05) is 90.4 Å². The minimum Gasteiger partial charge on any atom is -1.00 e. The Hall–Kier alpha value is 0.460. The third-order valence-corrected chi connectivity index (χ3v) is 5.38. The Labute approximate surface area is 155 Å². The molecule has 0 heterocycles. The monoisotopic (exact) mass is 362 g/mol. The van der Waals surface area contributed by atoms with Crippen molar-refractivity contribution in [1.29, 1.82) is 0 Å². The number of allylic oxidation sites excluding steroid dienone is 1. The minimum absolute atomic E-state index is 0. The largest absolute Gasteiger partial charge is 1.00 e. The van der Waals surface area contributed by atoms with Gasteiger partial charge < -0.3 is 12.4 Å². The summed E-state index contributed by atoms with van der Waals surface area (Å²) in [6, 6.07) is 0. The number of rotatable bonds is 16. The molecule has 2 heteroatoms. The van der Waals surface area contributed by atoms with Gasteiger partial charge in [0.1, 0.15) is 0 Å². The summed E-state index contributed by atoms with van der Waals surface area (Å²) < 4.78 is 0. The first-order valence-corrected chi connectivity index (χ1v) is 13.2. The molecule has 0 aliphatic carbocycles. The molecular formula is C21H44ClP. The van der Waals surface area contributed by atoms with Gasteiger partial charge in [-0.3, -0.25) is 0 Å². The summed E-state index contributed by atoms with van der Waals surface area (Å²) in [6.07, 6.45) is 24.1. The first-order valence-electron chi connectivity index (χ1n) is 10.0. The molecule has 0 N–H and O–H groups in total. The molecule has 0 unspecified atom stereocenters. The Morgan fingerprint density at radius 3 is 1.26 bits per heavy atom. The normalized spacial score (nSPS) is 11.8. The highest BCUT2D eigenvalue weighted by atomic mass is 35.5. The van der Waals surface area contributed by atoms with Crippen molar-refractivity contribution >= 4 is 7.26 Å². The summed E-state index contributed by atoms with van der Waals surface area (Å²) in [7, 11) is -0.684. The van der Waals surface area contributed by atoms with E-state index in [0.717, 1.165) is 0 Å².